The van der Waals surface area contributed by atoms with Gasteiger partial charge in [-0.3, -0.25) is 0 Å². The van der Waals surface area contributed by atoms with Gasteiger partial charge in [-0.1, -0.05) is 6.07 Å². The molecule has 3 heteroatoms. The van der Waals surface area contributed by atoms with Crippen LogP contribution in [0.4, 0.5) is 0 Å². The van der Waals surface area contributed by atoms with E-state index in [1.807, 2.05) is 6.07 Å². The predicted molar refractivity (Wildman–Crippen MR) is 54.4 cm³/mol. The summed E-state index contributed by atoms with van der Waals surface area (Å²) in [5.74, 6) is 0.896. The first-order valence-corrected chi connectivity index (χ1v) is 4.83. The molecule has 0 bridgehead atoms. The number of methoxy groups -OCH3 is 1. The summed E-state index contributed by atoms with van der Waals surface area (Å²) in [4.78, 5) is 0. The van der Waals surface area contributed by atoms with Gasteiger partial charge in [-0.2, -0.15) is 0 Å². The molecule has 0 saturated carbocycles. The van der Waals surface area contributed by atoms with Crippen LogP contribution in [0.1, 0.15) is 11.1 Å². The van der Waals surface area contributed by atoms with Gasteiger partial charge in [-0.25, -0.2) is 0 Å². The number of rotatable bonds is 2. The summed E-state index contributed by atoms with van der Waals surface area (Å²) in [5.41, 5.74) is 2.58. The van der Waals surface area contributed by atoms with Gasteiger partial charge >= 0.3 is 0 Å². The summed E-state index contributed by atoms with van der Waals surface area (Å²) in [5, 5.41) is 12.3. The maximum absolute atomic E-state index is 9.03. The predicted octanol–water partition coefficient (Wildman–Crippen LogP) is 0.702. The first-order chi connectivity index (χ1) is 6.83. The smallest absolute Gasteiger partial charge is 0.119 e. The third-order valence-electron chi connectivity index (χ3n) is 2.68. The van der Waals surface area contributed by atoms with Crippen molar-refractivity contribution in [3.63, 3.8) is 0 Å². The summed E-state index contributed by atoms with van der Waals surface area (Å²) in [6.45, 7) is 1.02. The van der Waals surface area contributed by atoms with Crippen molar-refractivity contribution >= 4 is 0 Å². The average Bonchev–Trinajstić information content (AvgIpc) is 2.27. The fraction of sp³-hybridized carbons (Fsp3) is 0.455. The molecule has 1 aliphatic heterocycles. The van der Waals surface area contributed by atoms with E-state index in [4.69, 9.17) is 9.84 Å². The summed E-state index contributed by atoms with van der Waals surface area (Å²) < 4.78 is 5.16. The van der Waals surface area contributed by atoms with E-state index < -0.39 is 0 Å². The van der Waals surface area contributed by atoms with Crippen molar-refractivity contribution in [2.75, 3.05) is 13.7 Å². The van der Waals surface area contributed by atoms with Gasteiger partial charge in [0.25, 0.3) is 0 Å². The van der Waals surface area contributed by atoms with Crippen LogP contribution in [0.5, 0.6) is 5.75 Å². The maximum atomic E-state index is 9.03. The Morgan fingerprint density at radius 2 is 2.36 bits per heavy atom. The summed E-state index contributed by atoms with van der Waals surface area (Å²) in [6, 6.07) is 6.31. The largest absolute Gasteiger partial charge is 0.497 e. The van der Waals surface area contributed by atoms with E-state index in [9.17, 15) is 0 Å². The van der Waals surface area contributed by atoms with Crippen LogP contribution < -0.4 is 10.1 Å². The van der Waals surface area contributed by atoms with Crippen LogP contribution in [0.3, 0.4) is 0 Å². The van der Waals surface area contributed by atoms with Crippen LogP contribution in [0.15, 0.2) is 18.2 Å². The molecule has 0 spiro atoms. The van der Waals surface area contributed by atoms with Crippen molar-refractivity contribution in [1.82, 2.24) is 5.32 Å². The number of aliphatic hydroxyl groups is 1. The number of ether oxygens (including phenoxy) is 1. The fourth-order valence-corrected chi connectivity index (χ4v) is 1.81. The van der Waals surface area contributed by atoms with E-state index in [0.29, 0.717) is 0 Å². The van der Waals surface area contributed by atoms with Gasteiger partial charge in [0.1, 0.15) is 5.75 Å². The molecule has 1 atom stereocenters. The molecule has 3 nitrogen and oxygen atoms in total. The Labute approximate surface area is 83.7 Å². The SMILES string of the molecule is COc1ccc2c(c1)CNC(CO)C2. The Hall–Kier alpha value is -1.06. The van der Waals surface area contributed by atoms with Gasteiger partial charge < -0.3 is 15.2 Å². The van der Waals surface area contributed by atoms with E-state index in [1.165, 1.54) is 11.1 Å². The van der Waals surface area contributed by atoms with Gasteiger partial charge in [0.2, 0.25) is 0 Å². The number of aliphatic hydroxyl groups excluding tert-OH is 1. The number of nitrogens with one attached hydrogen (secondary N) is 1. The standard InChI is InChI=1S/C11H15NO2/c1-14-11-3-2-8-4-10(7-13)12-6-9(8)5-11/h2-3,5,10,12-13H,4,6-7H2,1H3. The lowest BCUT2D eigenvalue weighted by Crippen LogP contribution is -2.38. The van der Waals surface area contributed by atoms with Crippen LogP contribution in [0, 0.1) is 0 Å². The topological polar surface area (TPSA) is 41.5 Å². The number of fused-ring (bicyclic) bond motifs is 1. The summed E-state index contributed by atoms with van der Waals surface area (Å²) in [7, 11) is 1.68. The van der Waals surface area contributed by atoms with E-state index >= 15 is 0 Å². The van der Waals surface area contributed by atoms with E-state index in [-0.39, 0.29) is 12.6 Å². The van der Waals surface area contributed by atoms with Gasteiger partial charge in [0.05, 0.1) is 13.7 Å². The molecule has 1 unspecified atom stereocenters. The second-order valence-corrected chi connectivity index (χ2v) is 3.60. The number of hydrogen-bond donors (Lipinski definition) is 2. The Morgan fingerprint density at radius 1 is 1.50 bits per heavy atom. The molecule has 2 N–H and O–H groups in total. The van der Waals surface area contributed by atoms with Gasteiger partial charge in [0.15, 0.2) is 0 Å². The van der Waals surface area contributed by atoms with Crippen molar-refractivity contribution in [2.24, 2.45) is 0 Å². The molecule has 14 heavy (non-hydrogen) atoms. The molecular formula is C11H15NO2. The average molecular weight is 193 g/mol. The van der Waals surface area contributed by atoms with Gasteiger partial charge in [-0.05, 0) is 29.7 Å². The quantitative estimate of drug-likeness (QED) is 0.726. The molecule has 0 aliphatic carbocycles. The molecule has 1 heterocycles. The Kier molecular flexibility index (Phi) is 2.70. The van der Waals surface area contributed by atoms with Crippen molar-refractivity contribution in [1.29, 1.82) is 0 Å². The van der Waals surface area contributed by atoms with Crippen LogP contribution >= 0.6 is 0 Å². The lowest BCUT2D eigenvalue weighted by molar-refractivity contribution is 0.235. The fourth-order valence-electron chi connectivity index (χ4n) is 1.81. The molecule has 0 saturated heterocycles. The molecular weight excluding hydrogens is 178 g/mol. The highest BCUT2D eigenvalue weighted by atomic mass is 16.5. The highest BCUT2D eigenvalue weighted by molar-refractivity contribution is 5.37. The van der Waals surface area contributed by atoms with Crippen molar-refractivity contribution in [3.8, 4) is 5.75 Å². The molecule has 0 radical (unpaired) electrons. The highest BCUT2D eigenvalue weighted by Crippen LogP contribution is 2.21. The second kappa shape index (κ2) is 3.98. The van der Waals surface area contributed by atoms with Crippen molar-refractivity contribution in [3.05, 3.63) is 29.3 Å². The first kappa shape index (κ1) is 9.49. The zero-order valence-corrected chi connectivity index (χ0v) is 8.29. The molecule has 1 aromatic carbocycles. The minimum atomic E-state index is 0.200. The van der Waals surface area contributed by atoms with E-state index in [0.717, 1.165) is 18.7 Å². The molecule has 2 rings (SSSR count). The van der Waals surface area contributed by atoms with Gasteiger partial charge in [0, 0.05) is 12.6 Å². The minimum Gasteiger partial charge on any atom is -0.497 e. The van der Waals surface area contributed by atoms with Crippen molar-refractivity contribution < 1.29 is 9.84 Å². The van der Waals surface area contributed by atoms with Crippen LogP contribution in [0.25, 0.3) is 0 Å². The number of benzene rings is 1. The second-order valence-electron chi connectivity index (χ2n) is 3.60. The molecule has 0 amide bonds. The maximum Gasteiger partial charge on any atom is 0.119 e. The van der Waals surface area contributed by atoms with E-state index in [2.05, 4.69) is 17.4 Å². The summed E-state index contributed by atoms with van der Waals surface area (Å²) in [6.07, 6.45) is 0.899. The number of hydrogen-bond acceptors (Lipinski definition) is 3. The minimum absolute atomic E-state index is 0.200. The molecule has 0 aromatic heterocycles. The van der Waals surface area contributed by atoms with Crippen LogP contribution in [-0.4, -0.2) is 24.9 Å². The Morgan fingerprint density at radius 3 is 3.07 bits per heavy atom. The molecule has 76 valence electrons. The highest BCUT2D eigenvalue weighted by Gasteiger charge is 2.17. The van der Waals surface area contributed by atoms with Crippen LogP contribution in [0.2, 0.25) is 0 Å². The summed E-state index contributed by atoms with van der Waals surface area (Å²) >= 11 is 0. The molecule has 1 aromatic rings. The zero-order valence-electron chi connectivity index (χ0n) is 8.29. The van der Waals surface area contributed by atoms with Crippen LogP contribution in [-0.2, 0) is 13.0 Å². The third-order valence-corrected chi connectivity index (χ3v) is 2.68. The first-order valence-electron chi connectivity index (χ1n) is 4.83. The lowest BCUT2D eigenvalue weighted by Gasteiger charge is -2.24. The lowest BCUT2D eigenvalue weighted by atomic mass is 9.96. The zero-order chi connectivity index (χ0) is 9.97. The van der Waals surface area contributed by atoms with Gasteiger partial charge in [-0.15, -0.1) is 0 Å². The Balaban J connectivity index is 2.23. The Bertz CT molecular complexity index is 325. The third kappa shape index (κ3) is 1.74. The molecule has 1 aliphatic rings. The molecule has 0 fully saturated rings. The van der Waals surface area contributed by atoms with Crippen molar-refractivity contribution in [2.45, 2.75) is 19.0 Å². The van der Waals surface area contributed by atoms with E-state index in [1.54, 1.807) is 7.11 Å². The normalized spacial score (nSPS) is 20.3. The monoisotopic (exact) mass is 193 g/mol.